The molecule has 1 saturated heterocycles. The minimum Gasteiger partial charge on any atom is -0.458 e. The maximum Gasteiger partial charge on any atom is 0.331 e. The largest absolute Gasteiger partial charge is 0.458 e. The van der Waals surface area contributed by atoms with E-state index in [0.29, 0.717) is 24.9 Å². The summed E-state index contributed by atoms with van der Waals surface area (Å²) in [6.07, 6.45) is 0. The standard InChI is InChI=1S/C15H23N3O6/c1-10-16-12(24-17-10)8-22-9-13(19)18-5-6-21-7-11(18)14(20)23-15(2,3)4/h11H,5-9H2,1-4H3. The van der Waals surface area contributed by atoms with Gasteiger partial charge in [0.2, 0.25) is 5.91 Å². The van der Waals surface area contributed by atoms with Gasteiger partial charge in [0, 0.05) is 6.54 Å². The molecule has 0 saturated carbocycles. The molecule has 0 radical (unpaired) electrons. The summed E-state index contributed by atoms with van der Waals surface area (Å²) in [6, 6.07) is -0.764. The third kappa shape index (κ3) is 5.27. The number of hydrogen-bond donors (Lipinski definition) is 0. The van der Waals surface area contributed by atoms with E-state index >= 15 is 0 Å². The molecular weight excluding hydrogens is 318 g/mol. The summed E-state index contributed by atoms with van der Waals surface area (Å²) in [5, 5.41) is 3.63. The highest BCUT2D eigenvalue weighted by Crippen LogP contribution is 2.15. The zero-order valence-corrected chi connectivity index (χ0v) is 14.4. The Morgan fingerprint density at radius 1 is 1.38 bits per heavy atom. The molecule has 1 unspecified atom stereocenters. The molecule has 1 atom stereocenters. The van der Waals surface area contributed by atoms with Crippen LogP contribution in [-0.4, -0.2) is 64.9 Å². The molecule has 0 aliphatic carbocycles. The number of rotatable bonds is 5. The lowest BCUT2D eigenvalue weighted by molar-refractivity contribution is -0.173. The van der Waals surface area contributed by atoms with Crippen LogP contribution in [0.5, 0.6) is 0 Å². The van der Waals surface area contributed by atoms with Crippen LogP contribution in [0, 0.1) is 6.92 Å². The van der Waals surface area contributed by atoms with Crippen LogP contribution in [0.1, 0.15) is 32.5 Å². The Bertz CT molecular complexity index is 580. The van der Waals surface area contributed by atoms with Crippen LogP contribution in [-0.2, 0) is 30.4 Å². The number of esters is 1. The summed E-state index contributed by atoms with van der Waals surface area (Å²) < 4.78 is 20.9. The number of amides is 1. The first-order valence-corrected chi connectivity index (χ1v) is 7.73. The van der Waals surface area contributed by atoms with E-state index in [-0.39, 0.29) is 25.7 Å². The van der Waals surface area contributed by atoms with E-state index in [9.17, 15) is 9.59 Å². The topological polar surface area (TPSA) is 104 Å². The third-order valence-corrected chi connectivity index (χ3v) is 3.15. The Morgan fingerprint density at radius 2 is 2.12 bits per heavy atom. The van der Waals surface area contributed by atoms with Crippen molar-refractivity contribution < 1.29 is 28.3 Å². The van der Waals surface area contributed by atoms with Gasteiger partial charge in [-0.3, -0.25) is 4.79 Å². The Kier molecular flexibility index (Phi) is 5.89. The monoisotopic (exact) mass is 341 g/mol. The minimum absolute atomic E-state index is 0.0357. The molecule has 24 heavy (non-hydrogen) atoms. The number of hydrogen-bond acceptors (Lipinski definition) is 8. The number of morpholine rings is 1. The number of nitrogens with zero attached hydrogens (tertiary/aromatic N) is 3. The second kappa shape index (κ2) is 7.71. The molecule has 0 N–H and O–H groups in total. The molecule has 0 spiro atoms. The van der Waals surface area contributed by atoms with Gasteiger partial charge in [0.25, 0.3) is 5.89 Å². The van der Waals surface area contributed by atoms with Crippen LogP contribution in [0.15, 0.2) is 4.52 Å². The van der Waals surface area contributed by atoms with Crippen LogP contribution in [0.3, 0.4) is 0 Å². The van der Waals surface area contributed by atoms with Crippen molar-refractivity contribution in [1.29, 1.82) is 0 Å². The molecule has 1 aliphatic rings. The Hall–Kier alpha value is -2.00. The molecular formula is C15H23N3O6. The Balaban J connectivity index is 1.88. The number of ether oxygens (including phenoxy) is 3. The molecule has 9 heteroatoms. The van der Waals surface area contributed by atoms with Crippen molar-refractivity contribution in [1.82, 2.24) is 15.0 Å². The highest BCUT2D eigenvalue weighted by molar-refractivity contribution is 5.85. The second-order valence-corrected chi connectivity index (χ2v) is 6.44. The normalized spacial score (nSPS) is 18.5. The van der Waals surface area contributed by atoms with Crippen LogP contribution < -0.4 is 0 Å². The molecule has 1 fully saturated rings. The zero-order valence-electron chi connectivity index (χ0n) is 14.4. The molecule has 0 aromatic carbocycles. The van der Waals surface area contributed by atoms with Gasteiger partial charge in [-0.25, -0.2) is 4.79 Å². The highest BCUT2D eigenvalue weighted by atomic mass is 16.6. The number of aryl methyl sites for hydroxylation is 1. The molecule has 1 aromatic rings. The van der Waals surface area contributed by atoms with Gasteiger partial charge in [-0.2, -0.15) is 4.98 Å². The van der Waals surface area contributed by atoms with Crippen LogP contribution in [0.25, 0.3) is 0 Å². The Morgan fingerprint density at radius 3 is 2.75 bits per heavy atom. The highest BCUT2D eigenvalue weighted by Gasteiger charge is 2.35. The first-order valence-electron chi connectivity index (χ1n) is 7.73. The van der Waals surface area contributed by atoms with Crippen molar-refractivity contribution in [3.05, 3.63) is 11.7 Å². The fraction of sp³-hybridized carbons (Fsp3) is 0.733. The molecule has 1 aromatic heterocycles. The molecule has 2 heterocycles. The maximum atomic E-state index is 12.3. The first kappa shape index (κ1) is 18.3. The van der Waals surface area contributed by atoms with Gasteiger partial charge < -0.3 is 23.6 Å². The summed E-state index contributed by atoms with van der Waals surface area (Å²) >= 11 is 0. The van der Waals surface area contributed by atoms with E-state index in [1.165, 1.54) is 4.90 Å². The van der Waals surface area contributed by atoms with Gasteiger partial charge in [0.05, 0.1) is 13.2 Å². The van der Waals surface area contributed by atoms with Crippen LogP contribution in [0.4, 0.5) is 0 Å². The zero-order chi connectivity index (χ0) is 17.7. The third-order valence-electron chi connectivity index (χ3n) is 3.15. The number of aromatic nitrogens is 2. The molecule has 1 amide bonds. The van der Waals surface area contributed by atoms with E-state index in [4.69, 9.17) is 18.7 Å². The molecule has 2 rings (SSSR count). The van der Waals surface area contributed by atoms with Crippen molar-refractivity contribution in [2.45, 2.75) is 45.9 Å². The fourth-order valence-corrected chi connectivity index (χ4v) is 2.17. The van der Waals surface area contributed by atoms with Gasteiger partial charge in [-0.15, -0.1) is 0 Å². The van der Waals surface area contributed by atoms with Crippen molar-refractivity contribution in [3.63, 3.8) is 0 Å². The van der Waals surface area contributed by atoms with Crippen molar-refractivity contribution in [3.8, 4) is 0 Å². The molecule has 134 valence electrons. The predicted octanol–water partition coefficient (Wildman–Crippen LogP) is 0.464. The van der Waals surface area contributed by atoms with Crippen molar-refractivity contribution >= 4 is 11.9 Å². The van der Waals surface area contributed by atoms with Crippen molar-refractivity contribution in [2.24, 2.45) is 0 Å². The molecule has 1 aliphatic heterocycles. The van der Waals surface area contributed by atoms with Gasteiger partial charge in [-0.1, -0.05) is 5.16 Å². The second-order valence-electron chi connectivity index (χ2n) is 6.44. The lowest BCUT2D eigenvalue weighted by Crippen LogP contribution is -2.55. The first-order chi connectivity index (χ1) is 11.3. The minimum atomic E-state index is -0.764. The summed E-state index contributed by atoms with van der Waals surface area (Å²) in [6.45, 7) is 7.65. The lowest BCUT2D eigenvalue weighted by Gasteiger charge is -2.35. The average molecular weight is 341 g/mol. The van der Waals surface area contributed by atoms with Crippen LogP contribution >= 0.6 is 0 Å². The SMILES string of the molecule is Cc1noc(COCC(=O)N2CCOCC2C(=O)OC(C)(C)C)n1. The maximum absolute atomic E-state index is 12.3. The van der Waals surface area contributed by atoms with Crippen molar-refractivity contribution in [2.75, 3.05) is 26.4 Å². The summed E-state index contributed by atoms with van der Waals surface area (Å²) in [5.41, 5.74) is -0.629. The number of carbonyl (C=O) groups is 2. The molecule has 9 nitrogen and oxygen atoms in total. The number of carbonyl (C=O) groups excluding carboxylic acids is 2. The predicted molar refractivity (Wildman–Crippen MR) is 80.9 cm³/mol. The van der Waals surface area contributed by atoms with Gasteiger partial charge in [0.1, 0.15) is 18.8 Å². The summed E-state index contributed by atoms with van der Waals surface area (Å²) in [7, 11) is 0. The van der Waals surface area contributed by atoms with Gasteiger partial charge in [0.15, 0.2) is 11.9 Å². The summed E-state index contributed by atoms with van der Waals surface area (Å²) in [4.78, 5) is 30.0. The quantitative estimate of drug-likeness (QED) is 0.712. The average Bonchev–Trinajstić information content (AvgIpc) is 2.91. The molecule has 0 bridgehead atoms. The Labute approximate surface area is 140 Å². The van der Waals surface area contributed by atoms with E-state index < -0.39 is 17.6 Å². The van der Waals surface area contributed by atoms with E-state index in [1.807, 2.05) is 0 Å². The van der Waals surface area contributed by atoms with Gasteiger partial charge in [-0.05, 0) is 27.7 Å². The summed E-state index contributed by atoms with van der Waals surface area (Å²) in [5.74, 6) is -0.00228. The van der Waals surface area contributed by atoms with E-state index in [2.05, 4.69) is 10.1 Å². The van der Waals surface area contributed by atoms with E-state index in [0.717, 1.165) is 0 Å². The van der Waals surface area contributed by atoms with Gasteiger partial charge >= 0.3 is 5.97 Å². The smallest absolute Gasteiger partial charge is 0.331 e. The van der Waals surface area contributed by atoms with E-state index in [1.54, 1.807) is 27.7 Å². The fourth-order valence-electron chi connectivity index (χ4n) is 2.17. The lowest BCUT2D eigenvalue weighted by atomic mass is 10.1. The van der Waals surface area contributed by atoms with Crippen LogP contribution in [0.2, 0.25) is 0 Å².